The zero-order valence-corrected chi connectivity index (χ0v) is 38.7. The third-order valence-corrected chi connectivity index (χ3v) is 16.4. The van der Waals surface area contributed by atoms with Crippen molar-refractivity contribution in [2.24, 2.45) is 0 Å². The molecule has 0 fully saturated rings. The first-order chi connectivity index (χ1) is 35.3. The van der Waals surface area contributed by atoms with Crippen molar-refractivity contribution in [1.29, 1.82) is 0 Å². The van der Waals surface area contributed by atoms with Gasteiger partial charge in [0.15, 0.2) is 0 Å². The summed E-state index contributed by atoms with van der Waals surface area (Å²) in [5, 5.41) is 17.9. The van der Waals surface area contributed by atoms with E-state index in [9.17, 15) is 0 Å². The summed E-state index contributed by atoms with van der Waals surface area (Å²) in [5.74, 6) is 0. The van der Waals surface area contributed by atoms with Crippen molar-refractivity contribution in [3.8, 4) is 55.6 Å². The Morgan fingerprint density at radius 1 is 0.197 bits per heavy atom. The predicted molar refractivity (Wildman–Crippen MR) is 302 cm³/mol. The quantitative estimate of drug-likeness (QED) is 0.122. The van der Waals surface area contributed by atoms with E-state index in [4.69, 9.17) is 0 Å². The van der Waals surface area contributed by atoms with E-state index in [-0.39, 0.29) is 0 Å². The van der Waals surface area contributed by atoms with Crippen LogP contribution in [0.1, 0.15) is 22.3 Å². The molecule has 1 spiro atoms. The summed E-state index contributed by atoms with van der Waals surface area (Å²) < 4.78 is 0. The van der Waals surface area contributed by atoms with E-state index in [1.54, 1.807) is 0 Å². The summed E-state index contributed by atoms with van der Waals surface area (Å²) >= 11 is 0. The van der Waals surface area contributed by atoms with Crippen molar-refractivity contribution in [3.63, 3.8) is 0 Å². The van der Waals surface area contributed by atoms with Gasteiger partial charge in [-0.3, -0.25) is 0 Å². The van der Waals surface area contributed by atoms with Crippen LogP contribution in [0.15, 0.2) is 255 Å². The first-order valence-corrected chi connectivity index (χ1v) is 24.9. The van der Waals surface area contributed by atoms with E-state index >= 15 is 0 Å². The molecule has 0 bridgehead atoms. The van der Waals surface area contributed by atoms with Crippen molar-refractivity contribution >= 4 is 75.4 Å². The van der Waals surface area contributed by atoms with Crippen LogP contribution in [-0.4, -0.2) is 0 Å². The maximum absolute atomic E-state index is 2.53. The highest BCUT2D eigenvalue weighted by Gasteiger charge is 2.54. The summed E-state index contributed by atoms with van der Waals surface area (Å²) in [6, 6.07) is 96.3. The van der Waals surface area contributed by atoms with Crippen molar-refractivity contribution in [2.75, 3.05) is 0 Å². The molecule has 326 valence electrons. The maximum Gasteiger partial charge on any atom is 0.0738 e. The van der Waals surface area contributed by atoms with Gasteiger partial charge in [-0.2, -0.15) is 0 Å². The molecule has 0 heterocycles. The van der Waals surface area contributed by atoms with E-state index < -0.39 is 5.41 Å². The Hall–Kier alpha value is -9.10. The van der Waals surface area contributed by atoms with Crippen LogP contribution in [0.25, 0.3) is 131 Å². The molecule has 0 amide bonds. The molecule has 0 aliphatic heterocycles. The van der Waals surface area contributed by atoms with Crippen molar-refractivity contribution < 1.29 is 0 Å². The first-order valence-electron chi connectivity index (χ1n) is 24.9. The molecule has 2 aliphatic rings. The van der Waals surface area contributed by atoms with Crippen LogP contribution in [0, 0.1) is 0 Å². The van der Waals surface area contributed by atoms with E-state index in [1.165, 1.54) is 153 Å². The van der Waals surface area contributed by atoms with Crippen LogP contribution in [0.3, 0.4) is 0 Å². The highest BCUT2D eigenvalue weighted by Crippen LogP contribution is 2.68. The lowest BCUT2D eigenvalue weighted by Crippen LogP contribution is -2.26. The van der Waals surface area contributed by atoms with Gasteiger partial charge in [0.05, 0.1) is 5.41 Å². The lowest BCUT2D eigenvalue weighted by Gasteiger charge is -2.33. The predicted octanol–water partition coefficient (Wildman–Crippen LogP) is 19.1. The molecule has 0 aromatic heterocycles. The lowest BCUT2D eigenvalue weighted by atomic mass is 9.67. The molecule has 14 aromatic carbocycles. The SMILES string of the molecule is c1cc(-c2cccc3ccccc23)cc(-c2c3ccccc3c(-c3ccc4c5c(c6ccccc6c4c3)-c3c(c4ccccc4c4ccccc34)C53c4ccccc4-c4ccccc43)c3ccccc23)c1. The average molecular weight is 895 g/mol. The Morgan fingerprint density at radius 3 is 1.14 bits per heavy atom. The van der Waals surface area contributed by atoms with E-state index in [0.29, 0.717) is 0 Å². The molecule has 0 saturated carbocycles. The molecule has 16 rings (SSSR count). The minimum Gasteiger partial charge on any atom is -0.0619 e. The zero-order valence-electron chi connectivity index (χ0n) is 38.7. The van der Waals surface area contributed by atoms with E-state index in [0.717, 1.165) is 0 Å². The van der Waals surface area contributed by atoms with Crippen LogP contribution in [-0.2, 0) is 5.41 Å². The molecule has 2 aliphatic carbocycles. The van der Waals surface area contributed by atoms with Gasteiger partial charge in [0, 0.05) is 0 Å². The second-order valence-electron chi connectivity index (χ2n) is 19.7. The summed E-state index contributed by atoms with van der Waals surface area (Å²) in [6.07, 6.45) is 0. The first kappa shape index (κ1) is 38.8. The molecular formula is C71H42. The van der Waals surface area contributed by atoms with Gasteiger partial charge in [0.25, 0.3) is 0 Å². The molecule has 0 radical (unpaired) electrons. The Kier molecular flexibility index (Phi) is 7.91. The fraction of sp³-hybridized carbons (Fsp3) is 0.0141. The number of hydrogen-bond acceptors (Lipinski definition) is 0. The van der Waals surface area contributed by atoms with Crippen LogP contribution in [0.5, 0.6) is 0 Å². The second-order valence-corrected chi connectivity index (χ2v) is 19.7. The Bertz CT molecular complexity index is 4540. The fourth-order valence-electron chi connectivity index (χ4n) is 13.8. The van der Waals surface area contributed by atoms with Gasteiger partial charge in [0.1, 0.15) is 0 Å². The smallest absolute Gasteiger partial charge is 0.0619 e. The number of fused-ring (bicyclic) bond motifs is 23. The van der Waals surface area contributed by atoms with Gasteiger partial charge in [0.2, 0.25) is 0 Å². The molecule has 0 unspecified atom stereocenters. The fourth-order valence-corrected chi connectivity index (χ4v) is 13.8. The van der Waals surface area contributed by atoms with E-state index in [2.05, 4.69) is 255 Å². The van der Waals surface area contributed by atoms with Gasteiger partial charge in [-0.05, 0) is 165 Å². The summed E-state index contributed by atoms with van der Waals surface area (Å²) in [5.41, 5.74) is 17.7. The summed E-state index contributed by atoms with van der Waals surface area (Å²) in [6.45, 7) is 0. The van der Waals surface area contributed by atoms with Crippen molar-refractivity contribution in [1.82, 2.24) is 0 Å². The van der Waals surface area contributed by atoms with Crippen LogP contribution >= 0.6 is 0 Å². The largest absolute Gasteiger partial charge is 0.0738 e. The van der Waals surface area contributed by atoms with Gasteiger partial charge >= 0.3 is 0 Å². The number of benzene rings is 14. The number of hydrogen-bond donors (Lipinski definition) is 0. The molecule has 0 atom stereocenters. The second kappa shape index (κ2) is 14.5. The molecule has 0 nitrogen and oxygen atoms in total. The summed E-state index contributed by atoms with van der Waals surface area (Å²) in [4.78, 5) is 0. The highest BCUT2D eigenvalue weighted by atomic mass is 14.5. The summed E-state index contributed by atoms with van der Waals surface area (Å²) in [7, 11) is 0. The standard InChI is InChI=1S/C71H42/c1-2-23-47-43(19-1)20-18-36-48(47)44-21-17-22-45(41-44)65-56-31-8-10-33-58(56)66(59-34-11-9-32-57(59)65)46-39-40-61-62(42-46)51-26-4-7-30-55(51)68-67-54-29-6-3-24-49(54)50-25-5-12-35-60(50)69(67)71(70(61)68)63-37-15-13-27-52(63)53-28-14-16-38-64(53)71/h1-42H. The van der Waals surface area contributed by atoms with Gasteiger partial charge in [-0.15, -0.1) is 0 Å². The third kappa shape index (κ3) is 5.08. The normalized spacial score (nSPS) is 13.2. The molecule has 0 saturated heterocycles. The van der Waals surface area contributed by atoms with E-state index in [1.807, 2.05) is 0 Å². The lowest BCUT2D eigenvalue weighted by molar-refractivity contribution is 0.810. The van der Waals surface area contributed by atoms with Crippen LogP contribution in [0.4, 0.5) is 0 Å². The molecule has 0 heteroatoms. The Labute approximate surface area is 411 Å². The topological polar surface area (TPSA) is 0 Å². The average Bonchev–Trinajstić information content (AvgIpc) is 3.93. The zero-order chi connectivity index (χ0) is 46.4. The van der Waals surface area contributed by atoms with Crippen molar-refractivity contribution in [2.45, 2.75) is 5.41 Å². The minimum atomic E-state index is -0.563. The van der Waals surface area contributed by atoms with Gasteiger partial charge in [-0.1, -0.05) is 243 Å². The highest BCUT2D eigenvalue weighted by molar-refractivity contribution is 6.29. The van der Waals surface area contributed by atoms with Gasteiger partial charge < -0.3 is 0 Å². The monoisotopic (exact) mass is 894 g/mol. The molecule has 71 heavy (non-hydrogen) atoms. The molecular weight excluding hydrogens is 853 g/mol. The molecule has 0 N–H and O–H groups in total. The minimum absolute atomic E-state index is 0.563. The Morgan fingerprint density at radius 2 is 0.563 bits per heavy atom. The third-order valence-electron chi connectivity index (χ3n) is 16.4. The molecule has 14 aromatic rings. The van der Waals surface area contributed by atoms with Gasteiger partial charge in [-0.25, -0.2) is 0 Å². The maximum atomic E-state index is 2.53. The van der Waals surface area contributed by atoms with Crippen LogP contribution in [0.2, 0.25) is 0 Å². The Balaban J connectivity index is 1.01. The van der Waals surface area contributed by atoms with Crippen molar-refractivity contribution in [3.05, 3.63) is 277 Å². The number of rotatable bonds is 3. The van der Waals surface area contributed by atoms with Crippen LogP contribution < -0.4 is 0 Å².